The molecule has 0 aliphatic carbocycles. The van der Waals surface area contributed by atoms with E-state index in [1.165, 1.54) is 12.5 Å². The minimum Gasteiger partial charge on any atom is -0.358 e. The maximum Gasteiger partial charge on any atom is 0.390 e. The van der Waals surface area contributed by atoms with Gasteiger partial charge >= 0.3 is 5.82 Å². The Morgan fingerprint density at radius 1 is 1.36 bits per heavy atom. The van der Waals surface area contributed by atoms with Gasteiger partial charge in [-0.05, 0) is 31.1 Å². The van der Waals surface area contributed by atoms with Crippen molar-refractivity contribution in [2.45, 2.75) is 58.5 Å². The molecule has 0 spiro atoms. The largest absolute Gasteiger partial charge is 0.390 e. The Hall–Kier alpha value is -2.25. The third-order valence-corrected chi connectivity index (χ3v) is 4.21. The van der Waals surface area contributed by atoms with Crippen LogP contribution in [0.2, 0.25) is 0 Å². The van der Waals surface area contributed by atoms with Gasteiger partial charge in [-0.1, -0.05) is 13.3 Å². The number of fused-ring (bicyclic) bond motifs is 1. The van der Waals surface area contributed by atoms with E-state index in [9.17, 15) is 10.1 Å². The summed E-state index contributed by atoms with van der Waals surface area (Å²) in [5, 5.41) is 23.8. The highest BCUT2D eigenvalue weighted by Crippen LogP contribution is 2.26. The number of hydrogen-bond acceptors (Lipinski definition) is 5. The maximum absolute atomic E-state index is 10.9. The van der Waals surface area contributed by atoms with Gasteiger partial charge in [-0.2, -0.15) is 4.68 Å². The van der Waals surface area contributed by atoms with Crippen LogP contribution in [0.4, 0.5) is 5.82 Å². The second kappa shape index (κ2) is 5.86. The average Bonchev–Trinajstić information content (AvgIpc) is 2.98. The van der Waals surface area contributed by atoms with E-state index in [-0.39, 0.29) is 11.9 Å². The Morgan fingerprint density at radius 2 is 2.18 bits per heavy atom. The van der Waals surface area contributed by atoms with Crippen molar-refractivity contribution in [2.75, 3.05) is 0 Å². The van der Waals surface area contributed by atoms with E-state index < -0.39 is 4.92 Å². The van der Waals surface area contributed by atoms with Crippen molar-refractivity contribution in [3.8, 4) is 0 Å². The molecular weight excluding hydrogens is 284 g/mol. The number of nitrogens with zero attached hydrogens (tertiary/aromatic N) is 6. The van der Waals surface area contributed by atoms with Crippen LogP contribution in [-0.2, 0) is 13.0 Å². The summed E-state index contributed by atoms with van der Waals surface area (Å²) in [4.78, 5) is 10.5. The summed E-state index contributed by atoms with van der Waals surface area (Å²) in [7, 11) is 0. The lowest BCUT2D eigenvalue weighted by Gasteiger charge is -2.15. The summed E-state index contributed by atoms with van der Waals surface area (Å²) in [6.45, 7) is 4.79. The van der Waals surface area contributed by atoms with Crippen LogP contribution in [0.5, 0.6) is 0 Å². The molecule has 1 unspecified atom stereocenters. The number of hydrogen-bond donors (Lipinski definition) is 0. The quantitative estimate of drug-likeness (QED) is 0.639. The molecule has 2 aromatic rings. The molecule has 8 heteroatoms. The van der Waals surface area contributed by atoms with Gasteiger partial charge in [0.15, 0.2) is 5.82 Å². The molecule has 0 aromatic carbocycles. The molecule has 0 saturated carbocycles. The Morgan fingerprint density at radius 3 is 2.86 bits per heavy atom. The molecule has 8 nitrogen and oxygen atoms in total. The predicted molar refractivity (Wildman–Crippen MR) is 79.6 cm³/mol. The molecule has 22 heavy (non-hydrogen) atoms. The Bertz CT molecular complexity index is 690. The molecule has 2 aromatic heterocycles. The summed E-state index contributed by atoms with van der Waals surface area (Å²) in [6, 6.07) is 1.38. The first-order valence-electron chi connectivity index (χ1n) is 7.74. The lowest BCUT2D eigenvalue weighted by atomic mass is 10.2. The van der Waals surface area contributed by atoms with E-state index in [0.29, 0.717) is 0 Å². The minimum absolute atomic E-state index is 0.118. The standard InChI is InChI=1S/C14H20N6O2/c1-3-11(19-10(2)9-13(17-19)20(21)22)14-16-15-12-7-5-4-6-8-18(12)14/h9,11H,3-8H2,1-2H3. The van der Waals surface area contributed by atoms with Crippen molar-refractivity contribution in [1.29, 1.82) is 0 Å². The predicted octanol–water partition coefficient (Wildman–Crippen LogP) is 2.42. The van der Waals surface area contributed by atoms with Crippen molar-refractivity contribution in [1.82, 2.24) is 24.5 Å². The first-order chi connectivity index (χ1) is 10.6. The first kappa shape index (κ1) is 14.7. The van der Waals surface area contributed by atoms with Gasteiger partial charge in [0, 0.05) is 13.0 Å². The van der Waals surface area contributed by atoms with Gasteiger partial charge in [0.25, 0.3) is 0 Å². The van der Waals surface area contributed by atoms with Crippen LogP contribution in [0, 0.1) is 17.0 Å². The zero-order valence-electron chi connectivity index (χ0n) is 12.9. The van der Waals surface area contributed by atoms with Gasteiger partial charge in [-0.25, -0.2) is 0 Å². The molecule has 0 radical (unpaired) electrons. The van der Waals surface area contributed by atoms with Crippen LogP contribution in [0.25, 0.3) is 0 Å². The highest BCUT2D eigenvalue weighted by molar-refractivity contribution is 5.22. The molecule has 1 aliphatic heterocycles. The smallest absolute Gasteiger partial charge is 0.358 e. The zero-order chi connectivity index (χ0) is 15.7. The van der Waals surface area contributed by atoms with Crippen LogP contribution in [0.15, 0.2) is 6.07 Å². The first-order valence-corrected chi connectivity index (χ1v) is 7.74. The van der Waals surface area contributed by atoms with E-state index in [4.69, 9.17) is 0 Å². The molecule has 1 atom stereocenters. The van der Waals surface area contributed by atoms with Gasteiger partial charge in [0.1, 0.15) is 11.9 Å². The van der Waals surface area contributed by atoms with Gasteiger partial charge < -0.3 is 14.7 Å². The van der Waals surface area contributed by atoms with Crippen molar-refractivity contribution < 1.29 is 4.92 Å². The molecule has 0 saturated heterocycles. The lowest BCUT2D eigenvalue weighted by molar-refractivity contribution is -0.389. The van der Waals surface area contributed by atoms with E-state index in [1.807, 2.05) is 13.8 Å². The van der Waals surface area contributed by atoms with Gasteiger partial charge in [0.2, 0.25) is 0 Å². The Kier molecular flexibility index (Phi) is 3.91. The fourth-order valence-electron chi connectivity index (χ4n) is 3.09. The van der Waals surface area contributed by atoms with Crippen molar-refractivity contribution >= 4 is 5.82 Å². The van der Waals surface area contributed by atoms with Crippen molar-refractivity contribution in [2.24, 2.45) is 0 Å². The number of aryl methyl sites for hydroxylation is 2. The maximum atomic E-state index is 10.9. The third-order valence-electron chi connectivity index (χ3n) is 4.21. The van der Waals surface area contributed by atoms with Crippen molar-refractivity contribution in [3.63, 3.8) is 0 Å². The van der Waals surface area contributed by atoms with Crippen LogP contribution in [0.1, 0.15) is 56.0 Å². The van der Waals surface area contributed by atoms with Crippen LogP contribution in [-0.4, -0.2) is 29.5 Å². The third kappa shape index (κ3) is 2.49. The number of aromatic nitrogens is 5. The van der Waals surface area contributed by atoms with E-state index in [2.05, 4.69) is 19.9 Å². The summed E-state index contributed by atoms with van der Waals surface area (Å²) in [5.74, 6) is 1.76. The number of rotatable bonds is 4. The monoisotopic (exact) mass is 304 g/mol. The second-order valence-electron chi connectivity index (χ2n) is 5.71. The summed E-state index contributed by atoms with van der Waals surface area (Å²) in [5.41, 5.74) is 0.768. The number of nitro groups is 1. The van der Waals surface area contributed by atoms with E-state index >= 15 is 0 Å². The normalized spacial score (nSPS) is 16.1. The SMILES string of the molecule is CCC(c1nnc2n1CCCCC2)n1nc([N+](=O)[O-])cc1C. The molecule has 0 fully saturated rings. The second-order valence-corrected chi connectivity index (χ2v) is 5.71. The van der Waals surface area contributed by atoms with Crippen LogP contribution >= 0.6 is 0 Å². The topological polar surface area (TPSA) is 91.7 Å². The molecule has 0 amide bonds. The Balaban J connectivity index is 2.01. The van der Waals surface area contributed by atoms with E-state index in [0.717, 1.165) is 49.6 Å². The molecule has 1 aliphatic rings. The molecule has 0 N–H and O–H groups in total. The fourth-order valence-corrected chi connectivity index (χ4v) is 3.09. The van der Waals surface area contributed by atoms with Crippen LogP contribution in [0.3, 0.4) is 0 Å². The molecule has 118 valence electrons. The Labute approximate surface area is 128 Å². The molecule has 3 rings (SSSR count). The van der Waals surface area contributed by atoms with E-state index in [1.54, 1.807) is 4.68 Å². The fraction of sp³-hybridized carbons (Fsp3) is 0.643. The molecule has 0 bridgehead atoms. The summed E-state index contributed by atoms with van der Waals surface area (Å²) in [6.07, 6.45) is 5.17. The highest BCUT2D eigenvalue weighted by Gasteiger charge is 2.28. The van der Waals surface area contributed by atoms with Gasteiger partial charge in [0.05, 0.1) is 16.9 Å². The summed E-state index contributed by atoms with van der Waals surface area (Å²) >= 11 is 0. The highest BCUT2D eigenvalue weighted by atomic mass is 16.6. The van der Waals surface area contributed by atoms with Gasteiger partial charge in [-0.15, -0.1) is 10.2 Å². The molecule has 3 heterocycles. The van der Waals surface area contributed by atoms with Crippen molar-refractivity contribution in [3.05, 3.63) is 33.5 Å². The molecular formula is C14H20N6O2. The lowest BCUT2D eigenvalue weighted by Crippen LogP contribution is -2.19. The zero-order valence-corrected chi connectivity index (χ0v) is 12.9. The minimum atomic E-state index is -0.458. The van der Waals surface area contributed by atoms with Gasteiger partial charge in [-0.3, -0.25) is 0 Å². The summed E-state index contributed by atoms with van der Waals surface area (Å²) < 4.78 is 3.88. The van der Waals surface area contributed by atoms with Crippen LogP contribution < -0.4 is 0 Å². The average molecular weight is 304 g/mol.